The lowest BCUT2D eigenvalue weighted by Gasteiger charge is -2.26. The third-order valence-electron chi connectivity index (χ3n) is 5.32. The zero-order valence-electron chi connectivity index (χ0n) is 14.0. The van der Waals surface area contributed by atoms with E-state index in [2.05, 4.69) is 22.0 Å². The molecule has 0 aromatic carbocycles. The van der Waals surface area contributed by atoms with E-state index in [1.165, 1.54) is 12.8 Å². The van der Waals surface area contributed by atoms with E-state index in [0.29, 0.717) is 5.69 Å². The number of amides is 1. The minimum atomic E-state index is -0.0164. The molecule has 1 aliphatic carbocycles. The van der Waals surface area contributed by atoms with Crippen molar-refractivity contribution in [2.75, 3.05) is 26.2 Å². The van der Waals surface area contributed by atoms with Gasteiger partial charge in [-0.25, -0.2) is 0 Å². The Kier molecular flexibility index (Phi) is 3.89. The van der Waals surface area contributed by atoms with Gasteiger partial charge >= 0.3 is 0 Å². The molecule has 0 bridgehead atoms. The summed E-state index contributed by atoms with van der Waals surface area (Å²) in [5.41, 5.74) is 2.65. The summed E-state index contributed by atoms with van der Waals surface area (Å²) in [6.45, 7) is 7.85. The molecule has 126 valence electrons. The summed E-state index contributed by atoms with van der Waals surface area (Å²) in [5, 5.41) is 7.38. The Morgan fingerprint density at radius 1 is 1.22 bits per heavy atom. The Balaban J connectivity index is 1.51. The molecule has 2 fully saturated rings. The van der Waals surface area contributed by atoms with Gasteiger partial charge < -0.3 is 9.64 Å². The normalized spacial score (nSPS) is 29.2. The number of fused-ring (bicyclic) bond motifs is 1. The van der Waals surface area contributed by atoms with Crippen LogP contribution in [0.25, 0.3) is 0 Å². The predicted molar refractivity (Wildman–Crippen MR) is 86.4 cm³/mol. The number of carbonyl (C=O) groups is 1. The van der Waals surface area contributed by atoms with Crippen LogP contribution < -0.4 is 0 Å². The zero-order valence-corrected chi connectivity index (χ0v) is 14.0. The van der Waals surface area contributed by atoms with Crippen LogP contribution in [-0.4, -0.2) is 64.2 Å². The Hall–Kier alpha value is -1.40. The molecule has 0 unspecified atom stereocenters. The van der Waals surface area contributed by atoms with Crippen LogP contribution in [0.3, 0.4) is 0 Å². The van der Waals surface area contributed by atoms with E-state index < -0.39 is 0 Å². The first-order valence-corrected chi connectivity index (χ1v) is 8.89. The molecule has 6 heteroatoms. The van der Waals surface area contributed by atoms with Crippen molar-refractivity contribution in [2.24, 2.45) is 0 Å². The molecule has 2 atom stereocenters. The first kappa shape index (κ1) is 15.1. The maximum absolute atomic E-state index is 13.0. The number of ether oxygens (including phenoxy) is 1. The third kappa shape index (κ3) is 2.90. The topological polar surface area (TPSA) is 61.5 Å². The monoisotopic (exact) mass is 318 g/mol. The summed E-state index contributed by atoms with van der Waals surface area (Å²) in [4.78, 5) is 17.5. The first-order valence-electron chi connectivity index (χ1n) is 8.89. The molecule has 0 spiro atoms. The Morgan fingerprint density at radius 3 is 2.83 bits per heavy atom. The number of aromatic nitrogens is 2. The van der Waals surface area contributed by atoms with Crippen LogP contribution in [0, 0.1) is 0 Å². The fourth-order valence-corrected chi connectivity index (χ4v) is 3.95. The molecule has 1 aromatic rings. The molecule has 6 nitrogen and oxygen atoms in total. The molecule has 23 heavy (non-hydrogen) atoms. The summed E-state index contributed by atoms with van der Waals surface area (Å²) >= 11 is 0. The summed E-state index contributed by atoms with van der Waals surface area (Å²) in [7, 11) is 0. The molecule has 1 saturated carbocycles. The summed E-state index contributed by atoms with van der Waals surface area (Å²) in [6, 6.07) is 0.780. The van der Waals surface area contributed by atoms with E-state index in [1.807, 2.05) is 11.8 Å². The van der Waals surface area contributed by atoms with Gasteiger partial charge in [0, 0.05) is 44.2 Å². The average molecular weight is 318 g/mol. The van der Waals surface area contributed by atoms with Crippen LogP contribution >= 0.6 is 0 Å². The third-order valence-corrected chi connectivity index (χ3v) is 5.32. The van der Waals surface area contributed by atoms with Gasteiger partial charge in [-0.2, -0.15) is 5.10 Å². The van der Waals surface area contributed by atoms with Crippen LogP contribution in [0.5, 0.6) is 0 Å². The second kappa shape index (κ2) is 5.91. The molecule has 2 aliphatic heterocycles. The lowest BCUT2D eigenvalue weighted by atomic mass is 9.99. The van der Waals surface area contributed by atoms with Gasteiger partial charge in [0.05, 0.1) is 17.9 Å². The SMILES string of the molecule is C[C@@H]1Cc2c(C(=O)N3CCCN(C4CC4)CC3)n[nH]c2[C@H](C)O1. The minimum absolute atomic E-state index is 0.0164. The van der Waals surface area contributed by atoms with Crippen LogP contribution in [0.4, 0.5) is 0 Å². The average Bonchev–Trinajstić information content (AvgIpc) is 3.29. The predicted octanol–water partition coefficient (Wildman–Crippen LogP) is 1.74. The first-order chi connectivity index (χ1) is 11.1. The van der Waals surface area contributed by atoms with Gasteiger partial charge in [0.25, 0.3) is 5.91 Å². The highest BCUT2D eigenvalue weighted by atomic mass is 16.5. The molecule has 3 heterocycles. The van der Waals surface area contributed by atoms with E-state index in [0.717, 1.165) is 56.3 Å². The number of rotatable bonds is 2. The number of H-pyrrole nitrogens is 1. The van der Waals surface area contributed by atoms with Crippen molar-refractivity contribution in [3.05, 3.63) is 17.0 Å². The van der Waals surface area contributed by atoms with Gasteiger partial charge in [-0.05, 0) is 33.1 Å². The summed E-state index contributed by atoms with van der Waals surface area (Å²) in [6.07, 6.45) is 4.60. The number of aromatic amines is 1. The summed E-state index contributed by atoms with van der Waals surface area (Å²) < 4.78 is 5.82. The van der Waals surface area contributed by atoms with Gasteiger partial charge in [-0.15, -0.1) is 0 Å². The molecular formula is C17H26N4O2. The summed E-state index contributed by atoms with van der Waals surface area (Å²) in [5.74, 6) is 0.0847. The lowest BCUT2D eigenvalue weighted by Crippen LogP contribution is -2.36. The van der Waals surface area contributed by atoms with E-state index in [-0.39, 0.29) is 18.1 Å². The fraction of sp³-hybridized carbons (Fsp3) is 0.765. The van der Waals surface area contributed by atoms with Gasteiger partial charge in [-0.1, -0.05) is 0 Å². The van der Waals surface area contributed by atoms with Crippen LogP contribution in [0.2, 0.25) is 0 Å². The maximum Gasteiger partial charge on any atom is 0.274 e. The highest BCUT2D eigenvalue weighted by Crippen LogP contribution is 2.31. The van der Waals surface area contributed by atoms with Crippen molar-refractivity contribution < 1.29 is 9.53 Å². The number of nitrogens with one attached hydrogen (secondary N) is 1. The molecule has 1 N–H and O–H groups in total. The molecule has 1 aromatic heterocycles. The van der Waals surface area contributed by atoms with E-state index in [9.17, 15) is 4.79 Å². The van der Waals surface area contributed by atoms with Crippen LogP contribution in [0.15, 0.2) is 0 Å². The van der Waals surface area contributed by atoms with Crippen molar-refractivity contribution in [1.82, 2.24) is 20.0 Å². The number of hydrogen-bond acceptors (Lipinski definition) is 4. The zero-order chi connectivity index (χ0) is 16.0. The highest BCUT2D eigenvalue weighted by Gasteiger charge is 2.34. The van der Waals surface area contributed by atoms with Crippen LogP contribution in [0.1, 0.15) is 61.0 Å². The van der Waals surface area contributed by atoms with Gasteiger partial charge in [0.2, 0.25) is 0 Å². The van der Waals surface area contributed by atoms with Crippen molar-refractivity contribution in [2.45, 2.75) is 57.8 Å². The van der Waals surface area contributed by atoms with Crippen LogP contribution in [-0.2, 0) is 11.2 Å². The van der Waals surface area contributed by atoms with E-state index in [1.54, 1.807) is 0 Å². The molecule has 1 amide bonds. The highest BCUT2D eigenvalue weighted by molar-refractivity contribution is 5.94. The Morgan fingerprint density at radius 2 is 2.04 bits per heavy atom. The van der Waals surface area contributed by atoms with Gasteiger partial charge in [0.15, 0.2) is 5.69 Å². The van der Waals surface area contributed by atoms with Gasteiger partial charge in [0.1, 0.15) is 0 Å². The fourth-order valence-electron chi connectivity index (χ4n) is 3.95. The molecule has 3 aliphatic rings. The lowest BCUT2D eigenvalue weighted by molar-refractivity contribution is -0.00701. The van der Waals surface area contributed by atoms with Crippen molar-refractivity contribution >= 4 is 5.91 Å². The van der Waals surface area contributed by atoms with Crippen molar-refractivity contribution in [3.63, 3.8) is 0 Å². The Labute approximate surface area is 137 Å². The molecular weight excluding hydrogens is 292 g/mol. The molecule has 0 radical (unpaired) electrons. The maximum atomic E-state index is 13.0. The van der Waals surface area contributed by atoms with Crippen molar-refractivity contribution in [3.8, 4) is 0 Å². The second-order valence-corrected chi connectivity index (χ2v) is 7.17. The largest absolute Gasteiger partial charge is 0.369 e. The number of carbonyl (C=O) groups excluding carboxylic acids is 1. The standard InChI is InChI=1S/C17H26N4O2/c1-11-10-14-15(12(2)23-11)18-19-16(14)17(22)21-7-3-6-20(8-9-21)13-4-5-13/h11-13H,3-10H2,1-2H3,(H,18,19)/t11-,12+/m1/s1. The van der Waals surface area contributed by atoms with E-state index in [4.69, 9.17) is 4.74 Å². The Bertz CT molecular complexity index is 595. The number of nitrogens with zero attached hydrogens (tertiary/aromatic N) is 3. The second-order valence-electron chi connectivity index (χ2n) is 7.17. The smallest absolute Gasteiger partial charge is 0.274 e. The van der Waals surface area contributed by atoms with Gasteiger partial charge in [-0.3, -0.25) is 14.8 Å². The molecule has 1 saturated heterocycles. The van der Waals surface area contributed by atoms with Crippen molar-refractivity contribution in [1.29, 1.82) is 0 Å². The minimum Gasteiger partial charge on any atom is -0.369 e. The number of hydrogen-bond donors (Lipinski definition) is 1. The molecule has 4 rings (SSSR count). The quantitative estimate of drug-likeness (QED) is 0.902. The van der Waals surface area contributed by atoms with E-state index >= 15 is 0 Å².